The standard InChI is InChI=1S/C18H20NO6P/c20-18(21)19-11-17(12-19)25-26(22,23-13-15-7-3-1-4-8-15)24-14-16-9-5-2-6-10-16/h1-10,17H,11-14H2,(H,20,21). The molecule has 0 unspecified atom stereocenters. The van der Waals surface area contributed by atoms with Gasteiger partial charge in [0.1, 0.15) is 6.10 Å². The fourth-order valence-electron chi connectivity index (χ4n) is 2.40. The van der Waals surface area contributed by atoms with Crippen molar-refractivity contribution in [2.45, 2.75) is 19.3 Å². The summed E-state index contributed by atoms with van der Waals surface area (Å²) in [6, 6.07) is 18.5. The van der Waals surface area contributed by atoms with Gasteiger partial charge < -0.3 is 10.0 Å². The lowest BCUT2D eigenvalue weighted by atomic mass is 10.2. The summed E-state index contributed by atoms with van der Waals surface area (Å²) in [5.41, 5.74) is 1.67. The van der Waals surface area contributed by atoms with Gasteiger partial charge in [0, 0.05) is 0 Å². The summed E-state index contributed by atoms with van der Waals surface area (Å²) in [6.07, 6.45) is -1.54. The van der Waals surface area contributed by atoms with E-state index in [1.54, 1.807) is 0 Å². The van der Waals surface area contributed by atoms with Crippen LogP contribution in [0.3, 0.4) is 0 Å². The largest absolute Gasteiger partial charge is 0.475 e. The predicted molar refractivity (Wildman–Crippen MR) is 94.5 cm³/mol. The van der Waals surface area contributed by atoms with Gasteiger partial charge in [-0.3, -0.25) is 13.6 Å². The Balaban J connectivity index is 1.62. The Labute approximate surface area is 151 Å². The number of carbonyl (C=O) groups is 1. The van der Waals surface area contributed by atoms with E-state index in [2.05, 4.69) is 0 Å². The molecule has 0 aromatic heterocycles. The predicted octanol–water partition coefficient (Wildman–Crippen LogP) is 3.91. The molecule has 1 heterocycles. The first-order chi connectivity index (χ1) is 12.5. The van der Waals surface area contributed by atoms with Crippen molar-refractivity contribution >= 4 is 13.9 Å². The van der Waals surface area contributed by atoms with Crippen molar-refractivity contribution < 1.29 is 28.0 Å². The average Bonchev–Trinajstić information content (AvgIpc) is 2.63. The normalized spacial score (nSPS) is 14.8. The molecule has 3 rings (SSSR count). The van der Waals surface area contributed by atoms with Gasteiger partial charge in [-0.2, -0.15) is 0 Å². The molecule has 1 N–H and O–H groups in total. The molecular formula is C18H20NO6P. The molecule has 8 heteroatoms. The van der Waals surface area contributed by atoms with Crippen molar-refractivity contribution in [3.8, 4) is 0 Å². The third-order valence-electron chi connectivity index (χ3n) is 3.86. The molecule has 0 radical (unpaired) electrons. The maximum Gasteiger partial charge on any atom is 0.475 e. The molecule has 7 nitrogen and oxygen atoms in total. The molecular weight excluding hydrogens is 357 g/mol. The van der Waals surface area contributed by atoms with Crippen LogP contribution in [0.4, 0.5) is 4.79 Å². The van der Waals surface area contributed by atoms with Crippen LogP contribution in [-0.4, -0.2) is 35.3 Å². The van der Waals surface area contributed by atoms with E-state index in [1.165, 1.54) is 4.90 Å². The lowest BCUT2D eigenvalue weighted by Crippen LogP contribution is -2.53. The lowest BCUT2D eigenvalue weighted by molar-refractivity contribution is -0.00849. The highest BCUT2D eigenvalue weighted by molar-refractivity contribution is 7.48. The number of phosphoric acid groups is 1. The maximum absolute atomic E-state index is 13.0. The van der Waals surface area contributed by atoms with Crippen LogP contribution in [0.1, 0.15) is 11.1 Å². The van der Waals surface area contributed by atoms with Crippen molar-refractivity contribution in [3.63, 3.8) is 0 Å². The van der Waals surface area contributed by atoms with Crippen molar-refractivity contribution in [2.24, 2.45) is 0 Å². The smallest absolute Gasteiger partial charge is 0.465 e. The number of likely N-dealkylation sites (tertiary alicyclic amines) is 1. The second kappa shape index (κ2) is 8.47. The Hall–Kier alpha value is -2.18. The van der Waals surface area contributed by atoms with Crippen LogP contribution in [0.25, 0.3) is 0 Å². The van der Waals surface area contributed by atoms with Crippen LogP contribution >= 0.6 is 7.82 Å². The summed E-state index contributed by atoms with van der Waals surface area (Å²) in [7, 11) is -3.85. The van der Waals surface area contributed by atoms with Crippen LogP contribution in [0, 0.1) is 0 Å². The number of nitrogens with zero attached hydrogens (tertiary/aromatic N) is 1. The first-order valence-corrected chi connectivity index (χ1v) is 9.63. The molecule has 1 saturated heterocycles. The average molecular weight is 377 g/mol. The van der Waals surface area contributed by atoms with Gasteiger partial charge in [-0.15, -0.1) is 0 Å². The Bertz CT molecular complexity index is 716. The second-order valence-corrected chi connectivity index (χ2v) is 7.50. The van der Waals surface area contributed by atoms with Crippen molar-refractivity contribution in [1.29, 1.82) is 0 Å². The Kier molecular flexibility index (Phi) is 6.06. The quantitative estimate of drug-likeness (QED) is 0.702. The molecule has 1 aliphatic heterocycles. The molecule has 138 valence electrons. The zero-order valence-electron chi connectivity index (χ0n) is 14.1. The third kappa shape index (κ3) is 5.16. The minimum Gasteiger partial charge on any atom is -0.465 e. The van der Waals surface area contributed by atoms with Gasteiger partial charge in [0.25, 0.3) is 0 Å². The fraction of sp³-hybridized carbons (Fsp3) is 0.278. The summed E-state index contributed by atoms with van der Waals surface area (Å²) in [4.78, 5) is 12.0. The third-order valence-corrected chi connectivity index (χ3v) is 5.31. The van der Waals surface area contributed by atoms with E-state index in [-0.39, 0.29) is 26.3 Å². The highest BCUT2D eigenvalue weighted by Crippen LogP contribution is 2.52. The summed E-state index contributed by atoms with van der Waals surface area (Å²) < 4.78 is 29.5. The highest BCUT2D eigenvalue weighted by atomic mass is 31.2. The molecule has 2 aromatic carbocycles. The second-order valence-electron chi connectivity index (χ2n) is 5.88. The number of rotatable bonds is 8. The van der Waals surface area contributed by atoms with Gasteiger partial charge >= 0.3 is 13.9 Å². The van der Waals surface area contributed by atoms with Crippen molar-refractivity contribution in [2.75, 3.05) is 13.1 Å². The number of hydrogen-bond donors (Lipinski definition) is 1. The Morgan fingerprint density at radius 3 is 1.85 bits per heavy atom. The minimum absolute atomic E-state index is 0.0717. The van der Waals surface area contributed by atoms with Gasteiger partial charge in [-0.05, 0) is 11.1 Å². The molecule has 0 aliphatic carbocycles. The van der Waals surface area contributed by atoms with E-state index in [9.17, 15) is 9.36 Å². The lowest BCUT2D eigenvalue weighted by Gasteiger charge is -2.37. The van der Waals surface area contributed by atoms with Gasteiger partial charge in [0.2, 0.25) is 0 Å². The van der Waals surface area contributed by atoms with Gasteiger partial charge in [0.15, 0.2) is 0 Å². The Morgan fingerprint density at radius 2 is 1.42 bits per heavy atom. The number of phosphoric ester groups is 1. The van der Waals surface area contributed by atoms with Crippen LogP contribution < -0.4 is 0 Å². The fourth-order valence-corrected chi connectivity index (χ4v) is 3.71. The molecule has 1 aliphatic rings. The molecule has 0 spiro atoms. The van der Waals surface area contributed by atoms with Gasteiger partial charge in [-0.25, -0.2) is 9.36 Å². The van der Waals surface area contributed by atoms with Crippen molar-refractivity contribution in [3.05, 3.63) is 71.8 Å². The molecule has 1 amide bonds. The summed E-state index contributed by atoms with van der Waals surface area (Å²) in [6.45, 7) is 0.427. The van der Waals surface area contributed by atoms with Crippen LogP contribution in [-0.2, 0) is 31.4 Å². The first-order valence-electron chi connectivity index (χ1n) is 8.17. The number of amides is 1. The number of benzene rings is 2. The monoisotopic (exact) mass is 377 g/mol. The molecule has 0 atom stereocenters. The van der Waals surface area contributed by atoms with E-state index < -0.39 is 20.0 Å². The summed E-state index contributed by atoms with van der Waals surface area (Å²) in [5.74, 6) is 0. The molecule has 0 saturated carbocycles. The van der Waals surface area contributed by atoms with E-state index in [1.807, 2.05) is 60.7 Å². The zero-order valence-corrected chi connectivity index (χ0v) is 15.0. The maximum atomic E-state index is 13.0. The topological polar surface area (TPSA) is 85.3 Å². The van der Waals surface area contributed by atoms with Crippen LogP contribution in [0.2, 0.25) is 0 Å². The van der Waals surface area contributed by atoms with Crippen LogP contribution in [0.5, 0.6) is 0 Å². The molecule has 1 fully saturated rings. The van der Waals surface area contributed by atoms with Gasteiger partial charge in [-0.1, -0.05) is 60.7 Å². The van der Waals surface area contributed by atoms with E-state index in [0.29, 0.717) is 0 Å². The first kappa shape index (κ1) is 18.6. The number of hydrogen-bond acceptors (Lipinski definition) is 5. The highest BCUT2D eigenvalue weighted by Gasteiger charge is 2.39. The Morgan fingerprint density at radius 1 is 0.962 bits per heavy atom. The summed E-state index contributed by atoms with van der Waals surface area (Å²) >= 11 is 0. The summed E-state index contributed by atoms with van der Waals surface area (Å²) in [5, 5.41) is 8.89. The molecule has 0 bridgehead atoms. The van der Waals surface area contributed by atoms with Gasteiger partial charge in [0.05, 0.1) is 26.3 Å². The van der Waals surface area contributed by atoms with Crippen molar-refractivity contribution in [1.82, 2.24) is 4.90 Å². The van der Waals surface area contributed by atoms with E-state index in [0.717, 1.165) is 11.1 Å². The molecule has 2 aromatic rings. The molecule has 26 heavy (non-hydrogen) atoms. The van der Waals surface area contributed by atoms with Crippen LogP contribution in [0.15, 0.2) is 60.7 Å². The number of carboxylic acid groups (broad SMARTS) is 1. The minimum atomic E-state index is -3.85. The SMILES string of the molecule is O=C(O)N1CC(OP(=O)(OCc2ccccc2)OCc2ccccc2)C1. The van der Waals surface area contributed by atoms with E-state index >= 15 is 0 Å². The van der Waals surface area contributed by atoms with E-state index in [4.69, 9.17) is 18.7 Å². The zero-order chi connectivity index (χ0) is 18.4.